The fraction of sp³-hybridized carbons (Fsp3) is 0.667. The highest BCUT2D eigenvalue weighted by atomic mass is 79.9. The summed E-state index contributed by atoms with van der Waals surface area (Å²) in [6.45, 7) is 4.10. The van der Waals surface area contributed by atoms with Crippen LogP contribution in [-0.4, -0.2) is 16.2 Å². The molecule has 70 valence electrons. The van der Waals surface area contributed by atoms with E-state index in [1.54, 1.807) is 6.08 Å². The molecule has 1 unspecified atom stereocenters. The molecule has 0 aliphatic heterocycles. The number of halogens is 1. The van der Waals surface area contributed by atoms with E-state index < -0.39 is 0 Å². The topological polar surface area (TPSA) is 17.1 Å². The molecule has 0 saturated heterocycles. The van der Waals surface area contributed by atoms with Crippen molar-refractivity contribution in [1.82, 2.24) is 0 Å². The quantitative estimate of drug-likeness (QED) is 0.551. The molecule has 0 aliphatic rings. The van der Waals surface area contributed by atoms with Crippen LogP contribution in [0.3, 0.4) is 0 Å². The van der Waals surface area contributed by atoms with Crippen molar-refractivity contribution in [3.05, 3.63) is 12.2 Å². The summed E-state index contributed by atoms with van der Waals surface area (Å²) in [6, 6.07) is 0. The van der Waals surface area contributed by atoms with Crippen molar-refractivity contribution in [2.45, 2.75) is 20.3 Å². The molecule has 0 saturated carbocycles. The number of thioether (sulfide) groups is 1. The van der Waals surface area contributed by atoms with Gasteiger partial charge in [0.1, 0.15) is 0 Å². The maximum absolute atomic E-state index is 11.0. The van der Waals surface area contributed by atoms with Crippen LogP contribution in [-0.2, 0) is 4.79 Å². The molecule has 3 heteroatoms. The molecule has 0 aromatic rings. The van der Waals surface area contributed by atoms with Gasteiger partial charge in [-0.3, -0.25) is 4.79 Å². The zero-order chi connectivity index (χ0) is 9.40. The Morgan fingerprint density at radius 1 is 1.67 bits per heavy atom. The van der Waals surface area contributed by atoms with Gasteiger partial charge in [0.2, 0.25) is 5.12 Å². The summed E-state index contributed by atoms with van der Waals surface area (Å²) in [5.74, 6) is 1.35. The van der Waals surface area contributed by atoms with Crippen LogP contribution in [0, 0.1) is 5.92 Å². The van der Waals surface area contributed by atoms with Crippen LogP contribution in [0.1, 0.15) is 20.3 Å². The second-order valence-electron chi connectivity index (χ2n) is 2.57. The number of carbonyl (C=O) groups is 1. The molecule has 0 amide bonds. The second kappa shape index (κ2) is 7.87. The SMILES string of the molecule is CCSC(=O)/C=C/C(C)CCBr. The van der Waals surface area contributed by atoms with Gasteiger partial charge in [0, 0.05) is 5.33 Å². The minimum Gasteiger partial charge on any atom is -0.282 e. The van der Waals surface area contributed by atoms with Crippen molar-refractivity contribution in [3.63, 3.8) is 0 Å². The van der Waals surface area contributed by atoms with Gasteiger partial charge >= 0.3 is 0 Å². The fourth-order valence-corrected chi connectivity index (χ4v) is 1.88. The van der Waals surface area contributed by atoms with Gasteiger partial charge in [0.15, 0.2) is 0 Å². The minimum absolute atomic E-state index is 0.166. The Balaban J connectivity index is 3.65. The number of carbonyl (C=O) groups excluding carboxylic acids is 1. The van der Waals surface area contributed by atoms with Gasteiger partial charge in [-0.1, -0.05) is 47.6 Å². The molecular weight excluding hydrogens is 236 g/mol. The molecule has 1 nitrogen and oxygen atoms in total. The first-order valence-corrected chi connectivity index (χ1v) is 6.22. The average Bonchev–Trinajstić information content (AvgIpc) is 2.02. The van der Waals surface area contributed by atoms with E-state index in [0.717, 1.165) is 17.5 Å². The fourth-order valence-electron chi connectivity index (χ4n) is 0.702. The van der Waals surface area contributed by atoms with Crippen molar-refractivity contribution in [2.24, 2.45) is 5.92 Å². The van der Waals surface area contributed by atoms with Gasteiger partial charge in [0.25, 0.3) is 0 Å². The molecule has 0 rings (SSSR count). The summed E-state index contributed by atoms with van der Waals surface area (Å²) in [5, 5.41) is 1.16. The van der Waals surface area contributed by atoms with Gasteiger partial charge in [-0.15, -0.1) is 0 Å². The van der Waals surface area contributed by atoms with E-state index >= 15 is 0 Å². The molecule has 0 aromatic carbocycles. The average molecular weight is 251 g/mol. The van der Waals surface area contributed by atoms with E-state index in [0.29, 0.717) is 5.92 Å². The summed E-state index contributed by atoms with van der Waals surface area (Å²) in [5.41, 5.74) is 0. The summed E-state index contributed by atoms with van der Waals surface area (Å²) >= 11 is 4.72. The smallest absolute Gasteiger partial charge is 0.211 e. The van der Waals surface area contributed by atoms with Gasteiger partial charge < -0.3 is 0 Å². The first-order chi connectivity index (χ1) is 5.70. The number of hydrogen-bond acceptors (Lipinski definition) is 2. The van der Waals surface area contributed by atoms with E-state index in [1.165, 1.54) is 11.8 Å². The Hall–Kier alpha value is 0.240. The Labute approximate surface area is 87.1 Å². The molecule has 0 heterocycles. The highest BCUT2D eigenvalue weighted by molar-refractivity contribution is 9.09. The maximum atomic E-state index is 11.0. The summed E-state index contributed by atoms with van der Waals surface area (Å²) in [4.78, 5) is 11.0. The van der Waals surface area contributed by atoms with Crippen molar-refractivity contribution in [1.29, 1.82) is 0 Å². The third-order valence-electron chi connectivity index (χ3n) is 1.41. The Bertz CT molecular complexity index is 157. The number of hydrogen-bond donors (Lipinski definition) is 0. The van der Waals surface area contributed by atoms with Crippen LogP contribution >= 0.6 is 27.7 Å². The van der Waals surface area contributed by atoms with Crippen LogP contribution in [0.4, 0.5) is 0 Å². The largest absolute Gasteiger partial charge is 0.282 e. The maximum Gasteiger partial charge on any atom is 0.211 e. The lowest BCUT2D eigenvalue weighted by Crippen LogP contribution is -1.92. The summed E-state index contributed by atoms with van der Waals surface area (Å²) in [7, 11) is 0. The highest BCUT2D eigenvalue weighted by Crippen LogP contribution is 2.08. The summed E-state index contributed by atoms with van der Waals surface area (Å²) in [6.07, 6.45) is 4.74. The standard InChI is InChI=1S/C9H15BrOS/c1-3-12-9(11)5-4-8(2)6-7-10/h4-5,8H,3,6-7H2,1-2H3/b5-4+. The highest BCUT2D eigenvalue weighted by Gasteiger charge is 1.97. The normalized spacial score (nSPS) is 13.6. The van der Waals surface area contributed by atoms with E-state index in [2.05, 4.69) is 22.9 Å². The van der Waals surface area contributed by atoms with E-state index in [1.807, 2.05) is 13.0 Å². The van der Waals surface area contributed by atoms with E-state index in [9.17, 15) is 4.79 Å². The molecule has 0 bridgehead atoms. The van der Waals surface area contributed by atoms with Crippen molar-refractivity contribution in [2.75, 3.05) is 11.1 Å². The molecule has 12 heavy (non-hydrogen) atoms. The molecule has 0 spiro atoms. The molecule has 0 N–H and O–H groups in total. The molecular formula is C9H15BrOS. The van der Waals surface area contributed by atoms with Gasteiger partial charge in [0.05, 0.1) is 0 Å². The van der Waals surface area contributed by atoms with Gasteiger partial charge in [-0.05, 0) is 24.2 Å². The van der Waals surface area contributed by atoms with Crippen LogP contribution in [0.5, 0.6) is 0 Å². The third kappa shape index (κ3) is 6.92. The minimum atomic E-state index is 0.166. The molecule has 0 fully saturated rings. The molecule has 0 aromatic heterocycles. The van der Waals surface area contributed by atoms with Gasteiger partial charge in [-0.2, -0.15) is 0 Å². The number of rotatable bonds is 5. The third-order valence-corrected chi connectivity index (χ3v) is 2.58. The lowest BCUT2D eigenvalue weighted by molar-refractivity contribution is -0.107. The Kier molecular flexibility index (Phi) is 8.02. The predicted molar refractivity (Wildman–Crippen MR) is 59.9 cm³/mol. The van der Waals surface area contributed by atoms with Crippen LogP contribution in [0.15, 0.2) is 12.2 Å². The first-order valence-electron chi connectivity index (χ1n) is 4.11. The Morgan fingerprint density at radius 3 is 2.83 bits per heavy atom. The number of alkyl halides is 1. The van der Waals surface area contributed by atoms with Crippen molar-refractivity contribution < 1.29 is 4.79 Å². The predicted octanol–water partition coefficient (Wildman–Crippen LogP) is 3.24. The van der Waals surface area contributed by atoms with Crippen molar-refractivity contribution >= 4 is 32.8 Å². The van der Waals surface area contributed by atoms with Crippen molar-refractivity contribution in [3.8, 4) is 0 Å². The van der Waals surface area contributed by atoms with Crippen LogP contribution < -0.4 is 0 Å². The van der Waals surface area contributed by atoms with E-state index in [4.69, 9.17) is 0 Å². The van der Waals surface area contributed by atoms with Crippen LogP contribution in [0.2, 0.25) is 0 Å². The second-order valence-corrected chi connectivity index (χ2v) is 4.63. The monoisotopic (exact) mass is 250 g/mol. The molecule has 0 radical (unpaired) electrons. The zero-order valence-corrected chi connectivity index (χ0v) is 9.95. The van der Waals surface area contributed by atoms with Gasteiger partial charge in [-0.25, -0.2) is 0 Å². The summed E-state index contributed by atoms with van der Waals surface area (Å²) < 4.78 is 0. The van der Waals surface area contributed by atoms with Crippen LogP contribution in [0.25, 0.3) is 0 Å². The Morgan fingerprint density at radius 2 is 2.33 bits per heavy atom. The molecule has 0 aliphatic carbocycles. The zero-order valence-electron chi connectivity index (χ0n) is 7.55. The number of allylic oxidation sites excluding steroid dienone is 1. The van der Waals surface area contributed by atoms with E-state index in [-0.39, 0.29) is 5.12 Å². The lowest BCUT2D eigenvalue weighted by atomic mass is 10.1. The lowest BCUT2D eigenvalue weighted by Gasteiger charge is -2.00. The molecule has 1 atom stereocenters. The first kappa shape index (κ1) is 12.2.